The molecule has 1 N–H and O–H groups in total. The molecular formula is C19H22N4O4. The van der Waals surface area contributed by atoms with Crippen LogP contribution in [0.25, 0.3) is 0 Å². The molecule has 4 aliphatic rings. The molecule has 2 fully saturated rings. The van der Waals surface area contributed by atoms with E-state index in [1.165, 1.54) is 6.33 Å². The van der Waals surface area contributed by atoms with E-state index in [2.05, 4.69) is 9.97 Å². The number of hydrogen-bond acceptors (Lipinski definition) is 5. The summed E-state index contributed by atoms with van der Waals surface area (Å²) < 4.78 is 6.15. The van der Waals surface area contributed by atoms with Gasteiger partial charge in [-0.1, -0.05) is 12.2 Å². The smallest absolute Gasteiger partial charge is 0.255 e. The Kier molecular flexibility index (Phi) is 3.40. The van der Waals surface area contributed by atoms with Crippen molar-refractivity contribution >= 4 is 11.8 Å². The second-order valence-electron chi connectivity index (χ2n) is 8.13. The maximum absolute atomic E-state index is 13.4. The standard InChI is InChI=1S/C19H22N4O4/c1-10(2)23-8-19-5-3-13(27-19)14(15(19)18(23)26)17(25)22-6-4-12-11(7-22)16(24)21-9-20-12/h3,5,9-10,13-15H,4,6-8H2,1-2H3,(H,20,21,24)/t13-,14-,15+,19-/m0/s1. The number of carbonyl (C=O) groups is 2. The number of H-pyrrole nitrogens is 1. The zero-order valence-electron chi connectivity index (χ0n) is 15.3. The van der Waals surface area contributed by atoms with Crippen molar-refractivity contribution in [2.75, 3.05) is 13.1 Å². The van der Waals surface area contributed by atoms with Crippen LogP contribution in [0.1, 0.15) is 25.1 Å². The second kappa shape index (κ2) is 5.51. The monoisotopic (exact) mass is 370 g/mol. The van der Waals surface area contributed by atoms with E-state index in [9.17, 15) is 14.4 Å². The van der Waals surface area contributed by atoms with E-state index in [0.29, 0.717) is 25.1 Å². The molecular weight excluding hydrogens is 348 g/mol. The maximum atomic E-state index is 13.4. The average Bonchev–Trinajstić information content (AvgIpc) is 3.29. The molecule has 5 rings (SSSR count). The average molecular weight is 370 g/mol. The van der Waals surface area contributed by atoms with Crippen LogP contribution in [0.2, 0.25) is 0 Å². The van der Waals surface area contributed by atoms with Gasteiger partial charge in [0, 0.05) is 19.0 Å². The molecule has 8 nitrogen and oxygen atoms in total. The first-order chi connectivity index (χ1) is 12.9. The van der Waals surface area contributed by atoms with Gasteiger partial charge in [0.25, 0.3) is 5.56 Å². The number of aromatic amines is 1. The third-order valence-electron chi connectivity index (χ3n) is 6.36. The van der Waals surface area contributed by atoms with Crippen molar-refractivity contribution in [3.05, 3.63) is 40.1 Å². The number of carbonyl (C=O) groups excluding carboxylic acids is 2. The Morgan fingerprint density at radius 3 is 3.00 bits per heavy atom. The fourth-order valence-corrected chi connectivity index (χ4v) is 5.00. The summed E-state index contributed by atoms with van der Waals surface area (Å²) in [6, 6.07) is 0.0655. The summed E-state index contributed by atoms with van der Waals surface area (Å²) in [6.45, 7) is 5.17. The molecule has 1 spiro atoms. The summed E-state index contributed by atoms with van der Waals surface area (Å²) in [6.07, 6.45) is 5.46. The quantitative estimate of drug-likeness (QED) is 0.730. The summed E-state index contributed by atoms with van der Waals surface area (Å²) in [7, 11) is 0. The van der Waals surface area contributed by atoms with Crippen LogP contribution in [-0.4, -0.2) is 62.4 Å². The number of ether oxygens (including phenoxy) is 1. The highest BCUT2D eigenvalue weighted by Crippen LogP contribution is 2.52. The van der Waals surface area contributed by atoms with Gasteiger partial charge >= 0.3 is 0 Å². The molecule has 2 saturated heterocycles. The van der Waals surface area contributed by atoms with Gasteiger partial charge in [0.1, 0.15) is 5.60 Å². The van der Waals surface area contributed by atoms with Crippen LogP contribution in [0.4, 0.5) is 0 Å². The molecule has 0 saturated carbocycles. The number of nitrogens with zero attached hydrogens (tertiary/aromatic N) is 3. The summed E-state index contributed by atoms with van der Waals surface area (Å²) >= 11 is 0. The molecule has 5 heterocycles. The van der Waals surface area contributed by atoms with Crippen molar-refractivity contribution in [1.82, 2.24) is 19.8 Å². The van der Waals surface area contributed by atoms with Crippen molar-refractivity contribution in [3.8, 4) is 0 Å². The zero-order chi connectivity index (χ0) is 18.9. The number of fused-ring (bicyclic) bond motifs is 2. The summed E-state index contributed by atoms with van der Waals surface area (Å²) in [5.41, 5.74) is 0.388. The minimum Gasteiger partial charge on any atom is -0.360 e. The molecule has 142 valence electrons. The highest BCUT2D eigenvalue weighted by atomic mass is 16.5. The molecule has 8 heteroatoms. The van der Waals surface area contributed by atoms with Gasteiger partial charge in [-0.2, -0.15) is 0 Å². The normalized spacial score (nSPS) is 33.7. The Morgan fingerprint density at radius 1 is 1.41 bits per heavy atom. The van der Waals surface area contributed by atoms with Crippen LogP contribution in [0.5, 0.6) is 0 Å². The predicted molar refractivity (Wildman–Crippen MR) is 94.6 cm³/mol. The van der Waals surface area contributed by atoms with Crippen molar-refractivity contribution in [1.29, 1.82) is 0 Å². The van der Waals surface area contributed by atoms with Gasteiger partial charge in [-0.25, -0.2) is 4.98 Å². The fourth-order valence-electron chi connectivity index (χ4n) is 5.00. The Morgan fingerprint density at radius 2 is 2.22 bits per heavy atom. The highest BCUT2D eigenvalue weighted by molar-refractivity contribution is 5.93. The molecule has 27 heavy (non-hydrogen) atoms. The van der Waals surface area contributed by atoms with Crippen LogP contribution < -0.4 is 5.56 Å². The molecule has 4 aliphatic heterocycles. The van der Waals surface area contributed by atoms with Crippen molar-refractivity contribution < 1.29 is 14.3 Å². The van der Waals surface area contributed by atoms with E-state index >= 15 is 0 Å². The molecule has 1 aromatic heterocycles. The van der Waals surface area contributed by atoms with Gasteiger partial charge in [0.05, 0.1) is 48.6 Å². The van der Waals surface area contributed by atoms with Gasteiger partial charge < -0.3 is 19.5 Å². The first-order valence-corrected chi connectivity index (χ1v) is 9.43. The van der Waals surface area contributed by atoms with Crippen LogP contribution in [0.3, 0.4) is 0 Å². The van der Waals surface area contributed by atoms with Gasteiger partial charge in [-0.3, -0.25) is 14.4 Å². The van der Waals surface area contributed by atoms with Gasteiger partial charge in [0.15, 0.2) is 0 Å². The number of likely N-dealkylation sites (tertiary alicyclic amines) is 1. The lowest BCUT2D eigenvalue weighted by molar-refractivity contribution is -0.144. The second-order valence-corrected chi connectivity index (χ2v) is 8.13. The number of rotatable bonds is 2. The number of hydrogen-bond donors (Lipinski definition) is 1. The van der Waals surface area contributed by atoms with Crippen molar-refractivity contribution in [2.24, 2.45) is 11.8 Å². The van der Waals surface area contributed by atoms with Gasteiger partial charge in [-0.05, 0) is 13.8 Å². The lowest BCUT2D eigenvalue weighted by Gasteiger charge is -2.33. The van der Waals surface area contributed by atoms with E-state index in [0.717, 1.165) is 5.69 Å². The SMILES string of the molecule is CC(C)N1C[C@]23C=C[C@H](O2)[C@H](C(=O)N2CCc4nc[nH]c(=O)c4C2)[C@@H]3C1=O. The summed E-state index contributed by atoms with van der Waals surface area (Å²) in [5.74, 6) is -1.12. The summed E-state index contributed by atoms with van der Waals surface area (Å²) in [4.78, 5) is 48.8. The third-order valence-corrected chi connectivity index (χ3v) is 6.36. The Balaban J connectivity index is 1.45. The third kappa shape index (κ3) is 2.19. The molecule has 0 aliphatic carbocycles. The predicted octanol–water partition coefficient (Wildman–Crippen LogP) is -0.155. The minimum absolute atomic E-state index is 0.00729. The molecule has 2 amide bonds. The fraction of sp³-hybridized carbons (Fsp3) is 0.579. The van der Waals surface area contributed by atoms with Crippen LogP contribution in [0.15, 0.2) is 23.3 Å². The Labute approximate surface area is 156 Å². The summed E-state index contributed by atoms with van der Waals surface area (Å²) in [5, 5.41) is 0. The number of aromatic nitrogens is 2. The van der Waals surface area contributed by atoms with E-state index in [-0.39, 0.29) is 36.1 Å². The molecule has 0 aromatic carbocycles. The molecule has 1 aromatic rings. The lowest BCUT2D eigenvalue weighted by atomic mass is 9.76. The molecule has 0 unspecified atom stereocenters. The number of nitrogens with one attached hydrogen (secondary N) is 1. The zero-order valence-corrected chi connectivity index (χ0v) is 15.3. The van der Waals surface area contributed by atoms with E-state index in [1.807, 2.05) is 26.0 Å². The van der Waals surface area contributed by atoms with Crippen LogP contribution in [-0.2, 0) is 27.3 Å². The highest BCUT2D eigenvalue weighted by Gasteiger charge is 2.67. The van der Waals surface area contributed by atoms with Crippen LogP contribution in [0, 0.1) is 11.8 Å². The number of amides is 2. The lowest BCUT2D eigenvalue weighted by Crippen LogP contribution is -2.48. The van der Waals surface area contributed by atoms with E-state index in [1.54, 1.807) is 9.80 Å². The maximum Gasteiger partial charge on any atom is 0.255 e. The first-order valence-electron chi connectivity index (χ1n) is 9.43. The Hall–Kier alpha value is -2.48. The topological polar surface area (TPSA) is 95.6 Å². The first kappa shape index (κ1) is 16.7. The molecule has 0 radical (unpaired) electrons. The molecule has 4 atom stereocenters. The van der Waals surface area contributed by atoms with Crippen LogP contribution >= 0.6 is 0 Å². The molecule has 2 bridgehead atoms. The van der Waals surface area contributed by atoms with Crippen molar-refractivity contribution in [2.45, 2.75) is 44.6 Å². The largest absolute Gasteiger partial charge is 0.360 e. The Bertz CT molecular complexity index is 923. The van der Waals surface area contributed by atoms with Crippen molar-refractivity contribution in [3.63, 3.8) is 0 Å². The van der Waals surface area contributed by atoms with Gasteiger partial charge in [0.2, 0.25) is 11.8 Å². The van der Waals surface area contributed by atoms with Gasteiger partial charge in [-0.15, -0.1) is 0 Å². The van der Waals surface area contributed by atoms with E-state index < -0.39 is 17.4 Å². The van der Waals surface area contributed by atoms with E-state index in [4.69, 9.17) is 4.74 Å². The minimum atomic E-state index is -0.681.